The number of rotatable bonds is 4. The predicted octanol–water partition coefficient (Wildman–Crippen LogP) is 3.68. The Morgan fingerprint density at radius 3 is 2.72 bits per heavy atom. The summed E-state index contributed by atoms with van der Waals surface area (Å²) in [5.74, 6) is -1.07. The van der Waals surface area contributed by atoms with Crippen LogP contribution in [-0.4, -0.2) is 41.0 Å². The molecular weight excluding hydrogens is 479 g/mol. The van der Waals surface area contributed by atoms with Crippen LogP contribution < -0.4 is 4.74 Å². The first kappa shape index (κ1) is 22.2. The van der Waals surface area contributed by atoms with Gasteiger partial charge in [0.1, 0.15) is 18.2 Å². The molecule has 1 N–H and O–H groups in total. The van der Waals surface area contributed by atoms with Gasteiger partial charge in [-0.25, -0.2) is 12.8 Å². The maximum atomic E-state index is 13.7. The highest BCUT2D eigenvalue weighted by atomic mass is 35.5. The highest BCUT2D eigenvalue weighted by Crippen LogP contribution is 2.31. The Hall–Kier alpha value is -3.02. The fourth-order valence-electron chi connectivity index (χ4n) is 2.79. The molecule has 0 atom stereocenters. The van der Waals surface area contributed by atoms with Gasteiger partial charge in [-0.15, -0.1) is 5.10 Å². The van der Waals surface area contributed by atoms with Crippen LogP contribution in [0.5, 0.6) is 5.75 Å². The highest BCUT2D eigenvalue weighted by Gasteiger charge is 2.38. The molecule has 8 nitrogen and oxygen atoms in total. The molecule has 0 spiro atoms. The molecule has 0 fully saturated rings. The lowest BCUT2D eigenvalue weighted by Gasteiger charge is -2.20. The number of thioether (sulfide) groups is 1. The highest BCUT2D eigenvalue weighted by molar-refractivity contribution is 8.42. The fourth-order valence-corrected chi connectivity index (χ4v) is 4.71. The Balaban J connectivity index is 1.56. The lowest BCUT2D eigenvalue weighted by atomic mass is 10.1. The number of hydrogen-bond acceptors (Lipinski definition) is 7. The number of carbonyl (C=O) groups is 1. The third-order valence-corrected chi connectivity index (χ3v) is 7.23. The van der Waals surface area contributed by atoms with Crippen molar-refractivity contribution >= 4 is 60.6 Å². The molecule has 32 heavy (non-hydrogen) atoms. The van der Waals surface area contributed by atoms with E-state index in [9.17, 15) is 17.6 Å². The lowest BCUT2D eigenvalue weighted by Crippen LogP contribution is -2.35. The van der Waals surface area contributed by atoms with Crippen LogP contribution in [0.15, 0.2) is 58.1 Å². The number of sulfone groups is 1. The van der Waals surface area contributed by atoms with E-state index >= 15 is 0 Å². The van der Waals surface area contributed by atoms with Gasteiger partial charge in [-0.2, -0.15) is 10.0 Å². The van der Waals surface area contributed by atoms with Gasteiger partial charge in [0, 0.05) is 11.8 Å². The zero-order valence-electron chi connectivity index (χ0n) is 16.4. The Kier molecular flexibility index (Phi) is 5.89. The minimum absolute atomic E-state index is 0.00694. The summed E-state index contributed by atoms with van der Waals surface area (Å²) in [5, 5.41) is 13.4. The van der Waals surface area contributed by atoms with Crippen molar-refractivity contribution in [1.29, 1.82) is 5.41 Å². The van der Waals surface area contributed by atoms with Crippen molar-refractivity contribution in [3.63, 3.8) is 0 Å². The molecule has 1 amide bonds. The molecule has 2 aromatic rings. The number of halogens is 2. The number of nitrogens with zero attached hydrogens (tertiary/aromatic N) is 3. The van der Waals surface area contributed by atoms with Crippen LogP contribution in [0.3, 0.4) is 0 Å². The van der Waals surface area contributed by atoms with Gasteiger partial charge < -0.3 is 4.74 Å². The number of hydrogen-bond donors (Lipinski definition) is 1. The van der Waals surface area contributed by atoms with Crippen LogP contribution in [0.1, 0.15) is 11.1 Å². The van der Waals surface area contributed by atoms with Gasteiger partial charge in [-0.3, -0.25) is 10.2 Å². The topological polar surface area (TPSA) is 112 Å². The van der Waals surface area contributed by atoms with E-state index < -0.39 is 15.7 Å². The second-order valence-electron chi connectivity index (χ2n) is 6.73. The second-order valence-corrected chi connectivity index (χ2v) is 10.3. The van der Waals surface area contributed by atoms with Gasteiger partial charge in [0.15, 0.2) is 5.84 Å². The van der Waals surface area contributed by atoms with E-state index in [0.29, 0.717) is 28.6 Å². The number of aliphatic imine (C=N–C) groups is 1. The third-order valence-electron chi connectivity index (χ3n) is 4.36. The van der Waals surface area contributed by atoms with Crippen LogP contribution in [0.2, 0.25) is 5.02 Å². The summed E-state index contributed by atoms with van der Waals surface area (Å²) in [7, 11) is -3.61. The maximum absolute atomic E-state index is 13.7. The van der Waals surface area contributed by atoms with Gasteiger partial charge in [0.2, 0.25) is 19.4 Å². The van der Waals surface area contributed by atoms with Crippen LogP contribution in [-0.2, 0) is 21.2 Å². The number of amides is 1. The van der Waals surface area contributed by atoms with Crippen molar-refractivity contribution in [3.8, 4) is 5.75 Å². The maximum Gasteiger partial charge on any atom is 0.283 e. The molecule has 0 radical (unpaired) electrons. The summed E-state index contributed by atoms with van der Waals surface area (Å²) < 4.78 is 42.5. The summed E-state index contributed by atoms with van der Waals surface area (Å²) in [4.78, 5) is 16.3. The second kappa shape index (κ2) is 8.49. The molecule has 0 saturated heterocycles. The largest absolute Gasteiger partial charge is 0.487 e. The molecule has 2 aromatic carbocycles. The number of benzene rings is 2. The quantitative estimate of drug-likeness (QED) is 0.651. The Morgan fingerprint density at radius 1 is 1.28 bits per heavy atom. The minimum Gasteiger partial charge on any atom is -0.487 e. The van der Waals surface area contributed by atoms with Crippen molar-refractivity contribution < 1.29 is 22.3 Å². The van der Waals surface area contributed by atoms with Gasteiger partial charge >= 0.3 is 0 Å². The summed E-state index contributed by atoms with van der Waals surface area (Å²) in [6.07, 6.45) is 2.38. The molecule has 0 saturated carbocycles. The first-order valence-electron chi connectivity index (χ1n) is 8.99. The zero-order valence-corrected chi connectivity index (χ0v) is 18.8. The number of fused-ring (bicyclic) bond motifs is 1. The summed E-state index contributed by atoms with van der Waals surface area (Å²) >= 11 is 6.98. The minimum atomic E-state index is -3.61. The van der Waals surface area contributed by atoms with E-state index in [1.807, 2.05) is 0 Å². The van der Waals surface area contributed by atoms with Crippen molar-refractivity contribution in [2.24, 2.45) is 10.1 Å². The van der Waals surface area contributed by atoms with E-state index in [4.69, 9.17) is 21.7 Å². The van der Waals surface area contributed by atoms with Crippen molar-refractivity contribution in [3.05, 3.63) is 70.0 Å². The van der Waals surface area contributed by atoms with Gasteiger partial charge in [-0.1, -0.05) is 35.9 Å². The first-order valence-corrected chi connectivity index (χ1v) is 12.1. The summed E-state index contributed by atoms with van der Waals surface area (Å²) in [6.45, 7) is -0.0131. The van der Waals surface area contributed by atoms with Gasteiger partial charge in [0.05, 0.1) is 10.6 Å². The van der Waals surface area contributed by atoms with E-state index in [-0.39, 0.29) is 38.4 Å². The third kappa shape index (κ3) is 4.45. The molecule has 2 heterocycles. The Bertz CT molecular complexity index is 1360. The Labute approximate surface area is 191 Å². The van der Waals surface area contributed by atoms with Crippen molar-refractivity contribution in [2.45, 2.75) is 6.61 Å². The van der Waals surface area contributed by atoms with Gasteiger partial charge in [-0.05, 0) is 41.6 Å². The molecule has 0 aliphatic carbocycles. The molecule has 0 bridgehead atoms. The standard InChI is InChI=1S/C20H14ClFN4O4S2/c1-32(28,29)20-25-26-17(23)13(18(27)24-19(26)31-20)8-11-6-7-16(14(21)9-11)30-10-12-4-2-3-5-15(12)22/h2-9,23H,10H2,1H3/b13-8+,23-17?. The lowest BCUT2D eigenvalue weighted by molar-refractivity contribution is -0.114. The molecule has 2 aliphatic rings. The molecule has 0 unspecified atom stereocenters. The molecule has 2 aliphatic heterocycles. The van der Waals surface area contributed by atoms with Crippen molar-refractivity contribution in [2.75, 3.05) is 6.26 Å². The van der Waals surface area contributed by atoms with E-state index in [1.54, 1.807) is 30.3 Å². The fraction of sp³-hybridized carbons (Fsp3) is 0.100. The normalized spacial score (nSPS) is 17.3. The van der Waals surface area contributed by atoms with Crippen LogP contribution in [0.4, 0.5) is 4.39 Å². The molecule has 4 rings (SSSR count). The summed E-state index contributed by atoms with van der Waals surface area (Å²) in [6, 6.07) is 10.9. The van der Waals surface area contributed by atoms with E-state index in [1.165, 1.54) is 18.2 Å². The monoisotopic (exact) mass is 492 g/mol. The zero-order chi connectivity index (χ0) is 23.0. The molecule has 0 aromatic heterocycles. The number of nitrogens with one attached hydrogen (secondary N) is 1. The predicted molar refractivity (Wildman–Crippen MR) is 122 cm³/mol. The Morgan fingerprint density at radius 2 is 2.03 bits per heavy atom. The average Bonchev–Trinajstić information content (AvgIpc) is 3.16. The van der Waals surface area contributed by atoms with Crippen LogP contribution >= 0.6 is 23.4 Å². The number of hydrazone groups is 1. The average molecular weight is 493 g/mol. The molecule has 12 heteroatoms. The van der Waals surface area contributed by atoms with Crippen LogP contribution in [0, 0.1) is 11.2 Å². The first-order chi connectivity index (χ1) is 15.1. The smallest absolute Gasteiger partial charge is 0.283 e. The van der Waals surface area contributed by atoms with Crippen molar-refractivity contribution in [1.82, 2.24) is 5.01 Å². The number of ether oxygens (including phenoxy) is 1. The molecular formula is C20H14ClFN4O4S2. The van der Waals surface area contributed by atoms with Crippen LogP contribution in [0.25, 0.3) is 6.08 Å². The summed E-state index contributed by atoms with van der Waals surface area (Å²) in [5.41, 5.74) is 0.783. The van der Waals surface area contributed by atoms with E-state index in [2.05, 4.69) is 10.1 Å². The number of amidine groups is 2. The SMILES string of the molecule is CS(=O)(=O)C1=NN2C(=N)/C(=C\c3ccc(OCc4ccccc4F)c(Cl)c3)C(=O)N=C2S1. The molecule has 164 valence electrons. The number of carbonyl (C=O) groups excluding carboxylic acids is 1. The van der Waals surface area contributed by atoms with Gasteiger partial charge in [0.25, 0.3) is 5.91 Å². The van der Waals surface area contributed by atoms with E-state index in [0.717, 1.165) is 11.3 Å².